The summed E-state index contributed by atoms with van der Waals surface area (Å²) in [5.41, 5.74) is 0.298. The van der Waals surface area contributed by atoms with Crippen LogP contribution in [0.3, 0.4) is 0 Å². The molecule has 1 atom stereocenters. The van der Waals surface area contributed by atoms with Crippen LogP contribution in [-0.2, 0) is 14.4 Å². The molecule has 0 fully saturated rings. The van der Waals surface area contributed by atoms with Crippen molar-refractivity contribution in [2.24, 2.45) is 5.92 Å². The summed E-state index contributed by atoms with van der Waals surface area (Å²) in [5.74, 6) is -1.25. The number of rotatable bonds is 7. The quantitative estimate of drug-likeness (QED) is 0.517. The molecule has 5 nitrogen and oxygen atoms in total. The molecular formula is C12H19NO4. The first-order valence-corrected chi connectivity index (χ1v) is 5.49. The summed E-state index contributed by atoms with van der Waals surface area (Å²) in [6.45, 7) is 5.24. The van der Waals surface area contributed by atoms with Crippen LogP contribution < -0.4 is 5.32 Å². The van der Waals surface area contributed by atoms with Gasteiger partial charge in [0.1, 0.15) is 5.78 Å². The highest BCUT2D eigenvalue weighted by Crippen LogP contribution is 2.05. The number of nitrogens with one attached hydrogen (secondary N) is 1. The lowest BCUT2D eigenvalue weighted by Gasteiger charge is -2.10. The number of amides is 1. The molecule has 0 aromatic heterocycles. The second-order valence-corrected chi connectivity index (χ2v) is 4.22. The van der Waals surface area contributed by atoms with Gasteiger partial charge in [0, 0.05) is 12.1 Å². The van der Waals surface area contributed by atoms with Crippen molar-refractivity contribution in [2.75, 3.05) is 6.54 Å². The van der Waals surface area contributed by atoms with Crippen molar-refractivity contribution in [1.29, 1.82) is 0 Å². The number of ketones is 1. The molecule has 0 spiro atoms. The molecule has 0 radical (unpaired) electrons. The predicted molar refractivity (Wildman–Crippen MR) is 63.5 cm³/mol. The van der Waals surface area contributed by atoms with E-state index in [1.807, 2.05) is 6.92 Å². The number of hydrogen-bond acceptors (Lipinski definition) is 3. The zero-order chi connectivity index (χ0) is 13.4. The summed E-state index contributed by atoms with van der Waals surface area (Å²) < 4.78 is 0. The van der Waals surface area contributed by atoms with Crippen LogP contribution in [0, 0.1) is 5.92 Å². The van der Waals surface area contributed by atoms with E-state index in [9.17, 15) is 14.4 Å². The van der Waals surface area contributed by atoms with E-state index >= 15 is 0 Å². The number of hydrogen-bond donors (Lipinski definition) is 2. The van der Waals surface area contributed by atoms with Crippen LogP contribution in [0.2, 0.25) is 0 Å². The fraction of sp³-hybridized carbons (Fsp3) is 0.583. The van der Waals surface area contributed by atoms with E-state index in [4.69, 9.17) is 5.11 Å². The lowest BCUT2D eigenvalue weighted by molar-refractivity contribution is -0.132. The number of aliphatic carboxylic acids is 1. The molecule has 1 unspecified atom stereocenters. The first-order chi connectivity index (χ1) is 7.82. The second kappa shape index (κ2) is 7.60. The smallest absolute Gasteiger partial charge is 0.330 e. The number of carboxylic acid groups (broad SMARTS) is 1. The van der Waals surface area contributed by atoms with Crippen LogP contribution in [0.5, 0.6) is 0 Å². The van der Waals surface area contributed by atoms with E-state index in [1.54, 1.807) is 6.08 Å². The van der Waals surface area contributed by atoms with Gasteiger partial charge in [-0.2, -0.15) is 0 Å². The molecular weight excluding hydrogens is 222 g/mol. The molecule has 2 N–H and O–H groups in total. The topological polar surface area (TPSA) is 83.5 Å². The summed E-state index contributed by atoms with van der Waals surface area (Å²) in [7, 11) is 0. The maximum Gasteiger partial charge on any atom is 0.330 e. The Hall–Kier alpha value is -1.65. The molecule has 0 aliphatic heterocycles. The Morgan fingerprint density at radius 1 is 1.29 bits per heavy atom. The zero-order valence-corrected chi connectivity index (χ0v) is 10.4. The van der Waals surface area contributed by atoms with Crippen molar-refractivity contribution in [3.8, 4) is 0 Å². The summed E-state index contributed by atoms with van der Waals surface area (Å²) in [6, 6.07) is 0. The van der Waals surface area contributed by atoms with Crippen LogP contribution >= 0.6 is 0 Å². The maximum absolute atomic E-state index is 11.2. The van der Waals surface area contributed by atoms with Crippen LogP contribution in [0.4, 0.5) is 0 Å². The Bertz CT molecular complexity index is 333. The first kappa shape index (κ1) is 15.3. The minimum Gasteiger partial charge on any atom is -0.478 e. The normalized spacial score (nSPS) is 13.0. The molecule has 0 saturated heterocycles. The molecule has 0 aliphatic carbocycles. The van der Waals surface area contributed by atoms with Crippen LogP contribution in [0.1, 0.15) is 33.6 Å². The Kier molecular flexibility index (Phi) is 6.86. The average Bonchev–Trinajstić information content (AvgIpc) is 2.21. The van der Waals surface area contributed by atoms with E-state index < -0.39 is 5.97 Å². The summed E-state index contributed by atoms with van der Waals surface area (Å²) >= 11 is 0. The van der Waals surface area contributed by atoms with Gasteiger partial charge in [-0.05, 0) is 26.2 Å². The maximum atomic E-state index is 11.2. The minimum absolute atomic E-state index is 0.100. The van der Waals surface area contributed by atoms with Crippen molar-refractivity contribution < 1.29 is 19.5 Å². The molecule has 0 aliphatic rings. The number of Topliss-reactive ketones (excluding diaryl/α,β-unsaturated/α-hetero) is 1. The first-order valence-electron chi connectivity index (χ1n) is 5.49. The Labute approximate surface area is 101 Å². The third-order valence-corrected chi connectivity index (χ3v) is 2.22. The van der Waals surface area contributed by atoms with Gasteiger partial charge in [0.05, 0.1) is 6.42 Å². The average molecular weight is 241 g/mol. The fourth-order valence-electron chi connectivity index (χ4n) is 1.13. The van der Waals surface area contributed by atoms with Gasteiger partial charge in [-0.3, -0.25) is 9.59 Å². The number of carbonyl (C=O) groups is 3. The molecule has 0 aromatic rings. The number of carboxylic acids is 1. The van der Waals surface area contributed by atoms with E-state index in [1.165, 1.54) is 13.8 Å². The molecule has 0 saturated carbocycles. The molecule has 17 heavy (non-hydrogen) atoms. The summed E-state index contributed by atoms with van der Waals surface area (Å²) in [5, 5.41) is 11.3. The minimum atomic E-state index is -0.933. The molecule has 0 rings (SSSR count). The van der Waals surface area contributed by atoms with Crippen LogP contribution in [0.15, 0.2) is 11.6 Å². The van der Waals surface area contributed by atoms with Gasteiger partial charge in [-0.15, -0.1) is 0 Å². The Morgan fingerprint density at radius 3 is 2.35 bits per heavy atom. The van der Waals surface area contributed by atoms with Crippen molar-refractivity contribution in [3.05, 3.63) is 11.6 Å². The molecule has 5 heteroatoms. The Balaban J connectivity index is 3.92. The lowest BCUT2D eigenvalue weighted by atomic mass is 10.1. The van der Waals surface area contributed by atoms with E-state index in [2.05, 4.69) is 5.32 Å². The Morgan fingerprint density at radius 2 is 1.88 bits per heavy atom. The standard InChI is InChI=1S/C12H19NO4/c1-8(4-5-9(2)12(16)17)7-13-11(15)6-10(3)14/h5,8H,4,6-7H2,1-3H3,(H,13,15)(H,16,17). The number of carbonyl (C=O) groups excluding carboxylic acids is 2. The zero-order valence-electron chi connectivity index (χ0n) is 10.4. The lowest BCUT2D eigenvalue weighted by Crippen LogP contribution is -2.29. The molecule has 96 valence electrons. The van der Waals surface area contributed by atoms with Crippen molar-refractivity contribution in [1.82, 2.24) is 5.32 Å². The van der Waals surface area contributed by atoms with Gasteiger partial charge in [-0.1, -0.05) is 13.0 Å². The number of allylic oxidation sites excluding steroid dienone is 1. The van der Waals surface area contributed by atoms with E-state index in [0.29, 0.717) is 18.5 Å². The van der Waals surface area contributed by atoms with Crippen molar-refractivity contribution in [3.63, 3.8) is 0 Å². The molecule has 1 amide bonds. The van der Waals surface area contributed by atoms with Gasteiger partial charge >= 0.3 is 5.97 Å². The van der Waals surface area contributed by atoms with Crippen molar-refractivity contribution in [2.45, 2.75) is 33.6 Å². The van der Waals surface area contributed by atoms with Crippen LogP contribution in [-0.4, -0.2) is 29.3 Å². The third-order valence-electron chi connectivity index (χ3n) is 2.22. The van der Waals surface area contributed by atoms with E-state index in [0.717, 1.165) is 0 Å². The summed E-state index contributed by atoms with van der Waals surface area (Å²) in [4.78, 5) is 32.3. The van der Waals surface area contributed by atoms with Gasteiger partial charge in [0.15, 0.2) is 0 Å². The predicted octanol–water partition coefficient (Wildman–Crippen LogP) is 1.14. The van der Waals surface area contributed by atoms with Gasteiger partial charge < -0.3 is 10.4 Å². The van der Waals surface area contributed by atoms with Gasteiger partial charge in [0.2, 0.25) is 5.91 Å². The monoisotopic (exact) mass is 241 g/mol. The highest BCUT2D eigenvalue weighted by molar-refractivity contribution is 5.96. The van der Waals surface area contributed by atoms with Gasteiger partial charge in [-0.25, -0.2) is 4.79 Å². The molecule has 0 heterocycles. The molecule has 0 bridgehead atoms. The largest absolute Gasteiger partial charge is 0.478 e. The third kappa shape index (κ3) is 8.19. The van der Waals surface area contributed by atoms with E-state index in [-0.39, 0.29) is 24.0 Å². The van der Waals surface area contributed by atoms with Crippen LogP contribution in [0.25, 0.3) is 0 Å². The summed E-state index contributed by atoms with van der Waals surface area (Å²) in [6.07, 6.45) is 2.11. The second-order valence-electron chi connectivity index (χ2n) is 4.22. The molecule has 0 aromatic carbocycles. The van der Waals surface area contributed by atoms with Crippen molar-refractivity contribution >= 4 is 17.7 Å². The SMILES string of the molecule is CC(=O)CC(=O)NCC(C)CC=C(C)C(=O)O. The highest BCUT2D eigenvalue weighted by Gasteiger charge is 2.07. The highest BCUT2D eigenvalue weighted by atomic mass is 16.4. The van der Waals surface area contributed by atoms with Gasteiger partial charge in [0.25, 0.3) is 0 Å². The fourth-order valence-corrected chi connectivity index (χ4v) is 1.13.